The van der Waals surface area contributed by atoms with Crippen LogP contribution in [0.1, 0.15) is 36.5 Å². The van der Waals surface area contributed by atoms with Crippen molar-refractivity contribution < 1.29 is 8.42 Å². The second kappa shape index (κ2) is 12.3. The van der Waals surface area contributed by atoms with Crippen molar-refractivity contribution in [1.29, 1.82) is 0 Å². The van der Waals surface area contributed by atoms with Gasteiger partial charge in [0.15, 0.2) is 5.82 Å². The molecule has 0 atom stereocenters. The summed E-state index contributed by atoms with van der Waals surface area (Å²) in [5.74, 6) is 0.384. The van der Waals surface area contributed by atoms with E-state index in [1.54, 1.807) is 17.0 Å². The van der Waals surface area contributed by atoms with Crippen LogP contribution in [0.4, 0.5) is 5.82 Å². The van der Waals surface area contributed by atoms with Crippen molar-refractivity contribution in [3.05, 3.63) is 99.6 Å². The molecule has 9 heteroatoms. The Labute approximate surface area is 219 Å². The summed E-state index contributed by atoms with van der Waals surface area (Å²) in [7, 11) is -3.24. The third-order valence-corrected chi connectivity index (χ3v) is 7.11. The number of aromatic nitrogens is 2. The molecule has 0 radical (unpaired) electrons. The number of nitrogens with zero attached hydrogens (tertiary/aromatic N) is 3. The summed E-state index contributed by atoms with van der Waals surface area (Å²) in [5.41, 5.74) is 4.23. The Balaban J connectivity index is 1.30. The van der Waals surface area contributed by atoms with Crippen molar-refractivity contribution in [1.82, 2.24) is 19.2 Å². The summed E-state index contributed by atoms with van der Waals surface area (Å²) in [6.07, 6.45) is 8.63. The van der Waals surface area contributed by atoms with E-state index >= 15 is 0 Å². The normalized spacial score (nSPS) is 15.6. The average molecular weight is 522 g/mol. The zero-order valence-corrected chi connectivity index (χ0v) is 22.2. The molecule has 37 heavy (non-hydrogen) atoms. The molecule has 0 saturated carbocycles. The Morgan fingerprint density at radius 2 is 1.73 bits per heavy atom. The predicted molar refractivity (Wildman–Crippen MR) is 149 cm³/mol. The predicted octanol–water partition coefficient (Wildman–Crippen LogP) is 3.32. The van der Waals surface area contributed by atoms with Gasteiger partial charge in [-0.3, -0.25) is 9.69 Å². The SMILES string of the molecule is C/C(=C\c1ccccc1)CN1CCC(Nc2nccn(Cc3ccc(CNS(C)(=O)=O)cc3)c2=O)CC1. The molecular formula is C28H35N5O3S. The second-order valence-corrected chi connectivity index (χ2v) is 11.5. The lowest BCUT2D eigenvalue weighted by Crippen LogP contribution is -2.41. The second-order valence-electron chi connectivity index (χ2n) is 9.71. The summed E-state index contributed by atoms with van der Waals surface area (Å²) in [6, 6.07) is 18.1. The maximum Gasteiger partial charge on any atom is 0.293 e. The molecule has 2 N–H and O–H groups in total. The van der Waals surface area contributed by atoms with Crippen LogP contribution in [0.5, 0.6) is 0 Å². The number of anilines is 1. The van der Waals surface area contributed by atoms with Gasteiger partial charge in [-0.2, -0.15) is 0 Å². The van der Waals surface area contributed by atoms with Crippen molar-refractivity contribution in [2.24, 2.45) is 0 Å². The van der Waals surface area contributed by atoms with Gasteiger partial charge in [-0.05, 0) is 36.5 Å². The maximum atomic E-state index is 13.1. The number of rotatable bonds is 10. The average Bonchev–Trinajstić information content (AvgIpc) is 2.87. The van der Waals surface area contributed by atoms with Gasteiger partial charge in [0.25, 0.3) is 5.56 Å². The first-order valence-electron chi connectivity index (χ1n) is 12.5. The lowest BCUT2D eigenvalue weighted by molar-refractivity contribution is 0.236. The van der Waals surface area contributed by atoms with Crippen molar-refractivity contribution in [3.63, 3.8) is 0 Å². The smallest absolute Gasteiger partial charge is 0.293 e. The minimum absolute atomic E-state index is 0.144. The largest absolute Gasteiger partial charge is 0.363 e. The van der Waals surface area contributed by atoms with Crippen LogP contribution in [0.25, 0.3) is 6.08 Å². The third-order valence-electron chi connectivity index (χ3n) is 6.44. The Morgan fingerprint density at radius 3 is 2.41 bits per heavy atom. The van der Waals surface area contributed by atoms with Gasteiger partial charge in [-0.15, -0.1) is 0 Å². The number of nitrogens with one attached hydrogen (secondary N) is 2. The number of benzene rings is 2. The van der Waals surface area contributed by atoms with Gasteiger partial charge in [0.05, 0.1) is 12.8 Å². The van der Waals surface area contributed by atoms with E-state index in [0.717, 1.165) is 49.9 Å². The van der Waals surface area contributed by atoms with Crippen molar-refractivity contribution in [3.8, 4) is 0 Å². The van der Waals surface area contributed by atoms with E-state index in [2.05, 4.69) is 57.2 Å². The van der Waals surface area contributed by atoms with E-state index in [9.17, 15) is 13.2 Å². The first kappa shape index (κ1) is 26.8. The van der Waals surface area contributed by atoms with Crippen LogP contribution >= 0.6 is 0 Å². The van der Waals surface area contributed by atoms with Gasteiger partial charge in [0, 0.05) is 44.6 Å². The molecule has 1 aliphatic rings. The highest BCUT2D eigenvalue weighted by atomic mass is 32.2. The molecule has 1 aliphatic heterocycles. The zero-order valence-electron chi connectivity index (χ0n) is 21.4. The van der Waals surface area contributed by atoms with E-state index in [0.29, 0.717) is 12.4 Å². The first-order valence-corrected chi connectivity index (χ1v) is 14.4. The fourth-order valence-corrected chi connectivity index (χ4v) is 4.93. The lowest BCUT2D eigenvalue weighted by atomic mass is 10.0. The summed E-state index contributed by atoms with van der Waals surface area (Å²) in [4.78, 5) is 19.8. The highest BCUT2D eigenvalue weighted by Crippen LogP contribution is 2.16. The summed E-state index contributed by atoms with van der Waals surface area (Å²) in [5, 5.41) is 3.38. The Bertz CT molecular complexity index is 1360. The van der Waals surface area contributed by atoms with E-state index in [4.69, 9.17) is 0 Å². The minimum atomic E-state index is -3.24. The monoisotopic (exact) mass is 521 g/mol. The Hall–Kier alpha value is -3.27. The van der Waals surface area contributed by atoms with Crippen LogP contribution in [0.3, 0.4) is 0 Å². The highest BCUT2D eigenvalue weighted by molar-refractivity contribution is 7.88. The fraction of sp³-hybridized carbons (Fsp3) is 0.357. The highest BCUT2D eigenvalue weighted by Gasteiger charge is 2.20. The van der Waals surface area contributed by atoms with Crippen LogP contribution in [-0.4, -0.2) is 54.8 Å². The molecule has 1 aromatic heterocycles. The van der Waals surface area contributed by atoms with Gasteiger partial charge in [-0.1, -0.05) is 66.2 Å². The summed E-state index contributed by atoms with van der Waals surface area (Å²) >= 11 is 0. The first-order chi connectivity index (χ1) is 17.7. The number of likely N-dealkylation sites (tertiary alicyclic amines) is 1. The van der Waals surface area contributed by atoms with Gasteiger partial charge in [0.1, 0.15) is 0 Å². The van der Waals surface area contributed by atoms with E-state index in [1.165, 1.54) is 11.1 Å². The topological polar surface area (TPSA) is 96.3 Å². The fourth-order valence-electron chi connectivity index (χ4n) is 4.51. The number of hydrogen-bond donors (Lipinski definition) is 2. The van der Waals surface area contributed by atoms with Crippen LogP contribution in [0.2, 0.25) is 0 Å². The van der Waals surface area contributed by atoms with Gasteiger partial charge in [-0.25, -0.2) is 18.1 Å². The number of piperidine rings is 1. The van der Waals surface area contributed by atoms with Crippen molar-refractivity contribution in [2.45, 2.75) is 38.9 Å². The van der Waals surface area contributed by atoms with E-state index < -0.39 is 10.0 Å². The molecular weight excluding hydrogens is 486 g/mol. The molecule has 8 nitrogen and oxygen atoms in total. The van der Waals surface area contributed by atoms with Crippen molar-refractivity contribution >= 4 is 21.9 Å². The van der Waals surface area contributed by atoms with Gasteiger partial charge in [0.2, 0.25) is 10.0 Å². The molecule has 0 aliphatic carbocycles. The molecule has 2 aromatic carbocycles. The molecule has 3 aromatic rings. The standard InChI is InChI=1S/C28H35N5O3S/c1-22(18-23-6-4-3-5-7-23)20-32-15-12-26(13-16-32)31-27-28(34)33(17-14-29-27)21-25-10-8-24(9-11-25)19-30-37(2,35)36/h3-11,14,17-18,26,30H,12-13,15-16,19-21H2,1-2H3,(H,29,31)/b22-18+. The molecule has 4 rings (SSSR count). The molecule has 1 saturated heterocycles. The van der Waals surface area contributed by atoms with E-state index in [-0.39, 0.29) is 18.1 Å². The lowest BCUT2D eigenvalue weighted by Gasteiger charge is -2.32. The molecule has 0 unspecified atom stereocenters. The summed E-state index contributed by atoms with van der Waals surface area (Å²) in [6.45, 7) is 5.72. The Morgan fingerprint density at radius 1 is 1.05 bits per heavy atom. The van der Waals surface area contributed by atoms with E-state index in [1.807, 2.05) is 30.3 Å². The quantitative estimate of drug-likeness (QED) is 0.425. The molecule has 2 heterocycles. The molecule has 196 valence electrons. The van der Waals surface area contributed by atoms with Crippen LogP contribution in [0, 0.1) is 0 Å². The van der Waals surface area contributed by atoms with Gasteiger partial charge >= 0.3 is 0 Å². The van der Waals surface area contributed by atoms with Gasteiger partial charge < -0.3 is 9.88 Å². The molecule has 0 bridgehead atoms. The van der Waals surface area contributed by atoms with Crippen LogP contribution < -0.4 is 15.6 Å². The van der Waals surface area contributed by atoms with Crippen LogP contribution in [-0.2, 0) is 23.1 Å². The Kier molecular flexibility index (Phi) is 8.91. The minimum Gasteiger partial charge on any atom is -0.363 e. The third kappa shape index (κ3) is 8.38. The molecule has 0 amide bonds. The number of sulfonamides is 1. The summed E-state index contributed by atoms with van der Waals surface area (Å²) < 4.78 is 26.7. The van der Waals surface area contributed by atoms with Crippen molar-refractivity contribution in [2.75, 3.05) is 31.2 Å². The zero-order chi connectivity index (χ0) is 26.3. The maximum absolute atomic E-state index is 13.1. The molecule has 1 fully saturated rings. The van der Waals surface area contributed by atoms with Crippen LogP contribution in [0.15, 0.2) is 77.4 Å². The molecule has 0 spiro atoms. The number of hydrogen-bond acceptors (Lipinski definition) is 6.